The molecule has 1 saturated heterocycles. The highest BCUT2D eigenvalue weighted by atomic mass is 35.5. The number of piperidine rings is 1. The van der Waals surface area contributed by atoms with Crippen molar-refractivity contribution in [3.63, 3.8) is 0 Å². The normalized spacial score (nSPS) is 24.5. The minimum atomic E-state index is -4.00. The molecule has 34 heavy (non-hydrogen) atoms. The summed E-state index contributed by atoms with van der Waals surface area (Å²) in [5.74, 6) is -2.26. The molecule has 3 N–H and O–H groups in total. The summed E-state index contributed by atoms with van der Waals surface area (Å²) in [6.45, 7) is 0. The number of amides is 2. The van der Waals surface area contributed by atoms with Gasteiger partial charge < -0.3 is 10.2 Å². The molecule has 2 aliphatic carbocycles. The van der Waals surface area contributed by atoms with Gasteiger partial charge in [0.05, 0.1) is 16.0 Å². The van der Waals surface area contributed by atoms with Crippen molar-refractivity contribution in [2.24, 2.45) is 17.0 Å². The summed E-state index contributed by atoms with van der Waals surface area (Å²) in [6, 6.07) is 5.63. The van der Waals surface area contributed by atoms with Crippen molar-refractivity contribution in [1.82, 2.24) is 10.2 Å². The Morgan fingerprint density at radius 2 is 1.85 bits per heavy atom. The standard InChI is InChI=1S/C23H22ClF2N3O4S/c24-16-10-17(25)15(9-18(16)26)21(11-4-5-11)28-22(30)20-8-13-7-19(13)29(20)23(31)12-2-1-3-14(6-12)34(27,32)33/h1-3,6,9-11,13,19-21H,4-5,7-8H2,(H,28,30)(H2,27,32,33)/t13-,19-,20-,21?/m1/s1. The summed E-state index contributed by atoms with van der Waals surface area (Å²) >= 11 is 5.68. The van der Waals surface area contributed by atoms with Crippen molar-refractivity contribution < 1.29 is 26.8 Å². The van der Waals surface area contributed by atoms with Gasteiger partial charge in [0.1, 0.15) is 17.7 Å². The molecule has 0 spiro atoms. The van der Waals surface area contributed by atoms with Crippen LogP contribution in [-0.4, -0.2) is 37.2 Å². The topological polar surface area (TPSA) is 110 Å². The van der Waals surface area contributed by atoms with Gasteiger partial charge in [0.2, 0.25) is 15.9 Å². The average molecular weight is 510 g/mol. The zero-order valence-corrected chi connectivity index (χ0v) is 19.5. The Morgan fingerprint density at radius 3 is 2.53 bits per heavy atom. The zero-order valence-electron chi connectivity index (χ0n) is 17.9. The van der Waals surface area contributed by atoms with E-state index >= 15 is 0 Å². The van der Waals surface area contributed by atoms with E-state index in [4.69, 9.17) is 16.7 Å². The monoisotopic (exact) mass is 509 g/mol. The van der Waals surface area contributed by atoms with Crippen LogP contribution in [0.1, 0.15) is 47.6 Å². The number of carbonyl (C=O) groups excluding carboxylic acids is 2. The van der Waals surface area contributed by atoms with Gasteiger partial charge in [-0.25, -0.2) is 22.3 Å². The van der Waals surface area contributed by atoms with E-state index in [0.717, 1.165) is 31.4 Å². The maximum Gasteiger partial charge on any atom is 0.254 e. The first kappa shape index (κ1) is 23.2. The maximum absolute atomic E-state index is 14.6. The molecule has 2 amide bonds. The van der Waals surface area contributed by atoms with Crippen LogP contribution in [0, 0.1) is 23.5 Å². The first-order valence-electron chi connectivity index (χ1n) is 10.9. The Labute approximate surface area is 200 Å². The van der Waals surface area contributed by atoms with E-state index in [2.05, 4.69) is 5.32 Å². The van der Waals surface area contributed by atoms with Gasteiger partial charge in [-0.2, -0.15) is 0 Å². The van der Waals surface area contributed by atoms with E-state index in [0.29, 0.717) is 6.42 Å². The lowest BCUT2D eigenvalue weighted by molar-refractivity contribution is -0.126. The lowest BCUT2D eigenvalue weighted by Gasteiger charge is -2.29. The Bertz CT molecular complexity index is 1300. The third kappa shape index (κ3) is 4.30. The van der Waals surface area contributed by atoms with Gasteiger partial charge in [0, 0.05) is 17.2 Å². The number of hydrogen-bond donors (Lipinski definition) is 2. The lowest BCUT2D eigenvalue weighted by atomic mass is 10.00. The highest BCUT2D eigenvalue weighted by Gasteiger charge is 2.56. The van der Waals surface area contributed by atoms with Gasteiger partial charge in [-0.15, -0.1) is 0 Å². The average Bonchev–Trinajstić information content (AvgIpc) is 3.72. The Balaban J connectivity index is 1.40. The molecule has 11 heteroatoms. The third-order valence-electron chi connectivity index (χ3n) is 6.82. The largest absolute Gasteiger partial charge is 0.347 e. The molecular formula is C23H22ClF2N3O4S. The van der Waals surface area contributed by atoms with Gasteiger partial charge in [0.25, 0.3) is 5.91 Å². The van der Waals surface area contributed by atoms with Gasteiger partial charge in [-0.05, 0) is 67.9 Å². The van der Waals surface area contributed by atoms with Crippen molar-refractivity contribution in [2.75, 3.05) is 0 Å². The number of sulfonamides is 1. The first-order valence-corrected chi connectivity index (χ1v) is 12.9. The predicted octanol–water partition coefficient (Wildman–Crippen LogP) is 3.14. The smallest absolute Gasteiger partial charge is 0.254 e. The fraction of sp³-hybridized carbons (Fsp3) is 0.391. The first-order chi connectivity index (χ1) is 16.0. The summed E-state index contributed by atoms with van der Waals surface area (Å²) in [5, 5.41) is 7.69. The molecule has 1 heterocycles. The second-order valence-corrected chi connectivity index (χ2v) is 11.2. The van der Waals surface area contributed by atoms with Gasteiger partial charge >= 0.3 is 0 Å². The Hall–Kier alpha value is -2.56. The predicted molar refractivity (Wildman–Crippen MR) is 119 cm³/mol. The molecule has 1 aliphatic heterocycles. The number of likely N-dealkylation sites (tertiary alicyclic amines) is 1. The summed E-state index contributed by atoms with van der Waals surface area (Å²) in [4.78, 5) is 27.9. The van der Waals surface area contributed by atoms with Gasteiger partial charge in [-0.3, -0.25) is 9.59 Å². The molecule has 2 saturated carbocycles. The Morgan fingerprint density at radius 1 is 1.12 bits per heavy atom. The molecule has 3 fully saturated rings. The molecule has 4 atom stereocenters. The van der Waals surface area contributed by atoms with Crippen LogP contribution in [0.25, 0.3) is 0 Å². The number of primary sulfonamides is 1. The summed E-state index contributed by atoms with van der Waals surface area (Å²) in [6.07, 6.45) is 2.72. The van der Waals surface area contributed by atoms with E-state index in [1.165, 1.54) is 29.2 Å². The van der Waals surface area contributed by atoms with Crippen LogP contribution in [0.2, 0.25) is 5.02 Å². The number of fused-ring (bicyclic) bond motifs is 1. The minimum absolute atomic E-state index is 0.0274. The van der Waals surface area contributed by atoms with Crippen molar-refractivity contribution in [2.45, 2.75) is 48.7 Å². The third-order valence-corrected chi connectivity index (χ3v) is 8.02. The fourth-order valence-corrected chi connectivity index (χ4v) is 5.55. The fourth-order valence-electron chi connectivity index (χ4n) is 4.84. The molecule has 7 nitrogen and oxygen atoms in total. The zero-order chi connectivity index (χ0) is 24.4. The van der Waals surface area contributed by atoms with E-state index in [1.54, 1.807) is 0 Å². The van der Waals surface area contributed by atoms with Crippen LogP contribution >= 0.6 is 11.6 Å². The van der Waals surface area contributed by atoms with Crippen LogP contribution in [0.15, 0.2) is 41.3 Å². The number of halogens is 3. The molecule has 2 aromatic rings. The molecule has 2 aromatic carbocycles. The SMILES string of the molecule is NS(=O)(=O)c1cccc(C(=O)N2[C@@H](C(=O)NC(c3cc(F)c(Cl)cc3F)C3CC3)C[C@H]3C[C@H]32)c1. The van der Waals surface area contributed by atoms with Crippen molar-refractivity contribution in [1.29, 1.82) is 0 Å². The summed E-state index contributed by atoms with van der Waals surface area (Å²) in [5.41, 5.74) is 0.140. The quantitative estimate of drug-likeness (QED) is 0.583. The molecule has 0 radical (unpaired) electrons. The number of nitrogens with two attached hydrogens (primary N) is 1. The maximum atomic E-state index is 14.6. The number of rotatable bonds is 6. The molecule has 180 valence electrons. The van der Waals surface area contributed by atoms with Gasteiger partial charge in [0.15, 0.2) is 0 Å². The minimum Gasteiger partial charge on any atom is -0.347 e. The number of nitrogens with zero attached hydrogens (tertiary/aromatic N) is 1. The Kier molecular flexibility index (Phi) is 5.65. The highest BCUT2D eigenvalue weighted by Crippen LogP contribution is 2.49. The van der Waals surface area contributed by atoms with E-state index in [9.17, 15) is 26.8 Å². The summed E-state index contributed by atoms with van der Waals surface area (Å²) < 4.78 is 52.0. The van der Waals surface area contributed by atoms with Crippen LogP contribution in [0.3, 0.4) is 0 Å². The molecule has 1 unspecified atom stereocenters. The van der Waals surface area contributed by atoms with Crippen LogP contribution in [-0.2, 0) is 14.8 Å². The van der Waals surface area contributed by atoms with Crippen LogP contribution < -0.4 is 10.5 Å². The second kappa shape index (κ2) is 8.28. The molecule has 0 bridgehead atoms. The highest BCUT2D eigenvalue weighted by molar-refractivity contribution is 7.89. The number of hydrogen-bond acceptors (Lipinski definition) is 4. The number of nitrogens with one attached hydrogen (secondary N) is 1. The van der Waals surface area contributed by atoms with Crippen LogP contribution in [0.5, 0.6) is 0 Å². The lowest BCUT2D eigenvalue weighted by Crippen LogP contribution is -2.49. The van der Waals surface area contributed by atoms with E-state index < -0.39 is 45.6 Å². The molecular weight excluding hydrogens is 488 g/mol. The van der Waals surface area contributed by atoms with Crippen LogP contribution in [0.4, 0.5) is 8.78 Å². The molecule has 5 rings (SSSR count). The second-order valence-electron chi connectivity index (χ2n) is 9.21. The molecule has 0 aromatic heterocycles. The van der Waals surface area contributed by atoms with Gasteiger partial charge in [-0.1, -0.05) is 17.7 Å². The number of carbonyl (C=O) groups is 2. The van der Waals surface area contributed by atoms with E-state index in [-0.39, 0.29) is 38.9 Å². The van der Waals surface area contributed by atoms with Crippen molar-refractivity contribution in [3.8, 4) is 0 Å². The summed E-state index contributed by atoms with van der Waals surface area (Å²) in [7, 11) is -4.00. The van der Waals surface area contributed by atoms with E-state index in [1.807, 2.05) is 0 Å². The van der Waals surface area contributed by atoms with Crippen molar-refractivity contribution in [3.05, 3.63) is 64.2 Å². The van der Waals surface area contributed by atoms with Crippen molar-refractivity contribution >= 4 is 33.4 Å². The number of benzene rings is 2. The molecule has 3 aliphatic rings.